The zero-order chi connectivity index (χ0) is 15.9. The van der Waals surface area contributed by atoms with Gasteiger partial charge in [0.2, 0.25) is 0 Å². The molecule has 0 radical (unpaired) electrons. The topological polar surface area (TPSA) is 56.8 Å². The summed E-state index contributed by atoms with van der Waals surface area (Å²) in [4.78, 5) is 11.1. The quantitative estimate of drug-likeness (QED) is 0.917. The van der Waals surface area contributed by atoms with Crippen LogP contribution >= 0.6 is 0 Å². The maximum atomic E-state index is 13.3. The molecule has 5 nitrogen and oxygen atoms in total. The van der Waals surface area contributed by atoms with E-state index in [0.717, 1.165) is 0 Å². The van der Waals surface area contributed by atoms with E-state index in [1.165, 1.54) is 26.4 Å². The number of benzene rings is 2. The lowest BCUT2D eigenvalue weighted by molar-refractivity contribution is 0.187. The summed E-state index contributed by atoms with van der Waals surface area (Å²) in [5.41, 5.74) is 1.20. The van der Waals surface area contributed by atoms with Gasteiger partial charge in [0.15, 0.2) is 0 Å². The number of amides is 1. The van der Waals surface area contributed by atoms with Crippen LogP contribution in [0.15, 0.2) is 42.5 Å². The van der Waals surface area contributed by atoms with Crippen molar-refractivity contribution in [2.75, 3.05) is 19.5 Å². The van der Waals surface area contributed by atoms with E-state index in [0.29, 0.717) is 22.7 Å². The van der Waals surface area contributed by atoms with Crippen molar-refractivity contribution in [3.05, 3.63) is 53.8 Å². The number of nitrogens with one attached hydrogen (secondary N) is 1. The Hall–Kier alpha value is -2.76. The van der Waals surface area contributed by atoms with Gasteiger partial charge < -0.3 is 14.2 Å². The van der Waals surface area contributed by atoms with Crippen LogP contribution in [0.4, 0.5) is 14.9 Å². The van der Waals surface area contributed by atoms with Crippen molar-refractivity contribution in [2.45, 2.75) is 6.61 Å². The zero-order valence-electron chi connectivity index (χ0n) is 12.3. The Bertz CT molecular complexity index is 643. The lowest BCUT2D eigenvalue weighted by atomic mass is 10.2. The van der Waals surface area contributed by atoms with Gasteiger partial charge >= 0.3 is 6.09 Å². The Morgan fingerprint density at radius 3 is 2.50 bits per heavy atom. The minimum atomic E-state index is -0.543. The third kappa shape index (κ3) is 4.12. The zero-order valence-corrected chi connectivity index (χ0v) is 12.3. The average molecular weight is 305 g/mol. The molecular weight excluding hydrogens is 289 g/mol. The second kappa shape index (κ2) is 7.31. The minimum Gasteiger partial charge on any atom is -0.496 e. The number of methoxy groups -OCH3 is 2. The van der Waals surface area contributed by atoms with E-state index in [1.807, 2.05) is 0 Å². The Balaban J connectivity index is 2.00. The van der Waals surface area contributed by atoms with Crippen molar-refractivity contribution < 1.29 is 23.4 Å². The SMILES string of the molecule is COC(=O)Nc1ccc(OCc2cc(F)ccc2OC)cc1. The molecule has 0 fully saturated rings. The maximum absolute atomic E-state index is 13.3. The summed E-state index contributed by atoms with van der Waals surface area (Å²) in [5, 5.41) is 2.53. The van der Waals surface area contributed by atoms with Crippen LogP contribution in [0.3, 0.4) is 0 Å². The highest BCUT2D eigenvalue weighted by Gasteiger charge is 2.06. The van der Waals surface area contributed by atoms with Gasteiger partial charge in [0.25, 0.3) is 0 Å². The van der Waals surface area contributed by atoms with Gasteiger partial charge in [0.1, 0.15) is 23.9 Å². The first-order chi connectivity index (χ1) is 10.6. The molecule has 1 N–H and O–H groups in total. The van der Waals surface area contributed by atoms with Gasteiger partial charge in [0.05, 0.1) is 14.2 Å². The number of hydrogen-bond acceptors (Lipinski definition) is 4. The Kier molecular flexibility index (Phi) is 5.19. The van der Waals surface area contributed by atoms with Crippen molar-refractivity contribution in [2.24, 2.45) is 0 Å². The summed E-state index contributed by atoms with van der Waals surface area (Å²) in [6, 6.07) is 11.0. The van der Waals surface area contributed by atoms with Gasteiger partial charge in [-0.15, -0.1) is 0 Å². The van der Waals surface area contributed by atoms with Crippen molar-refractivity contribution >= 4 is 11.8 Å². The molecule has 116 valence electrons. The molecule has 0 saturated heterocycles. The maximum Gasteiger partial charge on any atom is 0.411 e. The molecule has 0 aliphatic rings. The molecule has 0 bridgehead atoms. The molecule has 0 saturated carbocycles. The monoisotopic (exact) mass is 305 g/mol. The number of hydrogen-bond donors (Lipinski definition) is 1. The van der Waals surface area contributed by atoms with Crippen LogP contribution < -0.4 is 14.8 Å². The Labute approximate surface area is 127 Å². The molecule has 22 heavy (non-hydrogen) atoms. The summed E-state index contributed by atoms with van der Waals surface area (Å²) in [7, 11) is 2.81. The molecule has 0 aliphatic heterocycles. The summed E-state index contributed by atoms with van der Waals surface area (Å²) in [6.07, 6.45) is -0.543. The van der Waals surface area contributed by atoms with Gasteiger partial charge in [-0.25, -0.2) is 9.18 Å². The fourth-order valence-corrected chi connectivity index (χ4v) is 1.82. The number of anilines is 1. The highest BCUT2D eigenvalue weighted by atomic mass is 19.1. The normalized spacial score (nSPS) is 9.95. The van der Waals surface area contributed by atoms with Crippen molar-refractivity contribution in [3.8, 4) is 11.5 Å². The lowest BCUT2D eigenvalue weighted by Crippen LogP contribution is -2.10. The number of halogens is 1. The van der Waals surface area contributed by atoms with E-state index in [4.69, 9.17) is 9.47 Å². The number of rotatable bonds is 5. The smallest absolute Gasteiger partial charge is 0.411 e. The highest BCUT2D eigenvalue weighted by molar-refractivity contribution is 5.84. The third-order valence-electron chi connectivity index (χ3n) is 2.92. The summed E-state index contributed by atoms with van der Waals surface area (Å²) in [5.74, 6) is 0.795. The standard InChI is InChI=1S/C16H16FNO4/c1-20-15-8-3-12(17)9-11(15)10-22-14-6-4-13(5-7-14)18-16(19)21-2/h3-9H,10H2,1-2H3,(H,18,19). The molecule has 2 aromatic rings. The predicted octanol–water partition coefficient (Wildman–Crippen LogP) is 3.59. The Morgan fingerprint density at radius 2 is 1.86 bits per heavy atom. The fourth-order valence-electron chi connectivity index (χ4n) is 1.82. The van der Waals surface area contributed by atoms with E-state index in [1.54, 1.807) is 30.3 Å². The van der Waals surface area contributed by atoms with Crippen LogP contribution in [0, 0.1) is 5.82 Å². The van der Waals surface area contributed by atoms with Gasteiger partial charge in [-0.05, 0) is 42.5 Å². The number of ether oxygens (including phenoxy) is 3. The van der Waals surface area contributed by atoms with Gasteiger partial charge in [0, 0.05) is 11.3 Å². The molecule has 2 rings (SSSR count). The largest absolute Gasteiger partial charge is 0.496 e. The van der Waals surface area contributed by atoms with Crippen LogP contribution in [-0.2, 0) is 11.3 Å². The molecule has 0 heterocycles. The van der Waals surface area contributed by atoms with Crippen molar-refractivity contribution in [1.29, 1.82) is 0 Å². The first-order valence-electron chi connectivity index (χ1n) is 6.52. The van der Waals surface area contributed by atoms with Crippen molar-refractivity contribution in [1.82, 2.24) is 0 Å². The molecule has 0 unspecified atom stereocenters. The minimum absolute atomic E-state index is 0.171. The first-order valence-corrected chi connectivity index (χ1v) is 6.52. The molecule has 2 aromatic carbocycles. The highest BCUT2D eigenvalue weighted by Crippen LogP contribution is 2.22. The van der Waals surface area contributed by atoms with Gasteiger partial charge in [-0.2, -0.15) is 0 Å². The van der Waals surface area contributed by atoms with Crippen molar-refractivity contribution in [3.63, 3.8) is 0 Å². The molecule has 0 atom stereocenters. The number of carbonyl (C=O) groups is 1. The van der Waals surface area contributed by atoms with E-state index < -0.39 is 6.09 Å². The number of carbonyl (C=O) groups excluding carboxylic acids is 1. The molecule has 1 amide bonds. The van der Waals surface area contributed by atoms with Gasteiger partial charge in [-0.3, -0.25) is 5.32 Å². The summed E-state index contributed by atoms with van der Waals surface area (Å²) >= 11 is 0. The predicted molar refractivity (Wildman–Crippen MR) is 79.8 cm³/mol. The van der Waals surface area contributed by atoms with Crippen LogP contribution in [0.25, 0.3) is 0 Å². The van der Waals surface area contributed by atoms with Crippen LogP contribution in [-0.4, -0.2) is 20.3 Å². The molecule has 0 spiro atoms. The second-order valence-electron chi connectivity index (χ2n) is 4.39. The lowest BCUT2D eigenvalue weighted by Gasteiger charge is -2.11. The second-order valence-corrected chi connectivity index (χ2v) is 4.39. The molecule has 0 aromatic heterocycles. The Morgan fingerprint density at radius 1 is 1.14 bits per heavy atom. The third-order valence-corrected chi connectivity index (χ3v) is 2.92. The molecule has 0 aliphatic carbocycles. The fraction of sp³-hybridized carbons (Fsp3) is 0.188. The van der Waals surface area contributed by atoms with Crippen LogP contribution in [0.5, 0.6) is 11.5 Å². The van der Waals surface area contributed by atoms with Crippen LogP contribution in [0.2, 0.25) is 0 Å². The van der Waals surface area contributed by atoms with Gasteiger partial charge in [-0.1, -0.05) is 0 Å². The first kappa shape index (κ1) is 15.6. The summed E-state index contributed by atoms with van der Waals surface area (Å²) < 4.78 is 28.5. The van der Waals surface area contributed by atoms with E-state index in [9.17, 15) is 9.18 Å². The van der Waals surface area contributed by atoms with E-state index in [-0.39, 0.29) is 12.4 Å². The van der Waals surface area contributed by atoms with E-state index in [2.05, 4.69) is 10.1 Å². The molecule has 6 heteroatoms. The summed E-state index contributed by atoms with van der Waals surface area (Å²) in [6.45, 7) is 0.171. The van der Waals surface area contributed by atoms with Crippen LogP contribution in [0.1, 0.15) is 5.56 Å². The van der Waals surface area contributed by atoms with E-state index >= 15 is 0 Å². The molecular formula is C16H16FNO4. The average Bonchev–Trinajstić information content (AvgIpc) is 2.54.